The van der Waals surface area contributed by atoms with Gasteiger partial charge in [0.1, 0.15) is 0 Å². The van der Waals surface area contributed by atoms with Gasteiger partial charge in [0.2, 0.25) is 10.0 Å². The van der Waals surface area contributed by atoms with Crippen molar-refractivity contribution in [2.24, 2.45) is 0 Å². The van der Waals surface area contributed by atoms with Gasteiger partial charge >= 0.3 is 0 Å². The Morgan fingerprint density at radius 2 is 2.21 bits per heavy atom. The number of hydrogen-bond donors (Lipinski definition) is 3. The van der Waals surface area contributed by atoms with E-state index in [9.17, 15) is 8.42 Å². The van der Waals surface area contributed by atoms with Crippen LogP contribution >= 0.6 is 11.3 Å². The molecule has 0 atom stereocenters. The SMILES string of the molecule is CNCc1cc(S(=O)(=O)NCc2cn[nH]c2)c(C)s1. The van der Waals surface area contributed by atoms with Gasteiger partial charge in [-0.05, 0) is 20.0 Å². The van der Waals surface area contributed by atoms with E-state index in [1.165, 1.54) is 11.3 Å². The highest BCUT2D eigenvalue weighted by atomic mass is 32.2. The fraction of sp³-hybridized carbons (Fsp3) is 0.364. The Bertz CT molecular complexity index is 632. The van der Waals surface area contributed by atoms with Crippen LogP contribution in [-0.4, -0.2) is 25.7 Å². The smallest absolute Gasteiger partial charge is 0.241 e. The molecule has 104 valence electrons. The largest absolute Gasteiger partial charge is 0.315 e. The average molecular weight is 300 g/mol. The average Bonchev–Trinajstić information content (AvgIpc) is 2.97. The highest BCUT2D eigenvalue weighted by Crippen LogP contribution is 2.25. The molecule has 3 N–H and O–H groups in total. The van der Waals surface area contributed by atoms with Crippen molar-refractivity contribution in [3.63, 3.8) is 0 Å². The number of nitrogens with zero attached hydrogens (tertiary/aromatic N) is 1. The first kappa shape index (κ1) is 14.2. The molecule has 0 radical (unpaired) electrons. The number of aromatic nitrogens is 2. The van der Waals surface area contributed by atoms with Gasteiger partial charge in [-0.1, -0.05) is 0 Å². The van der Waals surface area contributed by atoms with E-state index in [2.05, 4.69) is 20.2 Å². The molecule has 0 unspecified atom stereocenters. The summed E-state index contributed by atoms with van der Waals surface area (Å²) in [5.74, 6) is 0. The lowest BCUT2D eigenvalue weighted by molar-refractivity contribution is 0.581. The number of rotatable bonds is 6. The first-order chi connectivity index (χ1) is 9.03. The van der Waals surface area contributed by atoms with Crippen LogP contribution in [0.5, 0.6) is 0 Å². The van der Waals surface area contributed by atoms with Crippen LogP contribution in [0.2, 0.25) is 0 Å². The molecule has 6 nitrogen and oxygen atoms in total. The van der Waals surface area contributed by atoms with E-state index >= 15 is 0 Å². The van der Waals surface area contributed by atoms with Crippen molar-refractivity contribution in [1.29, 1.82) is 0 Å². The number of thiophene rings is 1. The number of sulfonamides is 1. The van der Waals surface area contributed by atoms with Crippen LogP contribution in [0.4, 0.5) is 0 Å². The molecule has 0 amide bonds. The molecular formula is C11H16N4O2S2. The minimum absolute atomic E-state index is 0.232. The normalized spacial score (nSPS) is 11.9. The van der Waals surface area contributed by atoms with Crippen molar-refractivity contribution in [3.05, 3.63) is 33.8 Å². The predicted molar refractivity (Wildman–Crippen MR) is 74.4 cm³/mol. The minimum atomic E-state index is -3.47. The van der Waals surface area contributed by atoms with Gasteiger partial charge < -0.3 is 5.32 Å². The van der Waals surface area contributed by atoms with Crippen LogP contribution in [0.25, 0.3) is 0 Å². The zero-order chi connectivity index (χ0) is 13.9. The molecule has 2 aromatic heterocycles. The molecule has 0 spiro atoms. The summed E-state index contributed by atoms with van der Waals surface area (Å²) in [5, 5.41) is 9.44. The Morgan fingerprint density at radius 3 is 2.84 bits per heavy atom. The van der Waals surface area contributed by atoms with Crippen molar-refractivity contribution in [2.45, 2.75) is 24.9 Å². The summed E-state index contributed by atoms with van der Waals surface area (Å²) in [6.07, 6.45) is 3.25. The summed E-state index contributed by atoms with van der Waals surface area (Å²) >= 11 is 1.49. The number of aryl methyl sites for hydroxylation is 1. The van der Waals surface area contributed by atoms with Crippen molar-refractivity contribution in [3.8, 4) is 0 Å². The van der Waals surface area contributed by atoms with Gasteiger partial charge in [0.05, 0.1) is 11.1 Å². The van der Waals surface area contributed by atoms with E-state index < -0.39 is 10.0 Å². The van der Waals surface area contributed by atoms with E-state index in [0.29, 0.717) is 11.4 Å². The van der Waals surface area contributed by atoms with Gasteiger partial charge in [-0.3, -0.25) is 5.10 Å². The third-order valence-electron chi connectivity index (χ3n) is 2.58. The molecule has 0 bridgehead atoms. The second-order valence-electron chi connectivity index (χ2n) is 4.09. The van der Waals surface area contributed by atoms with E-state index in [0.717, 1.165) is 15.3 Å². The van der Waals surface area contributed by atoms with Gasteiger partial charge in [0.25, 0.3) is 0 Å². The van der Waals surface area contributed by atoms with Crippen LogP contribution in [0, 0.1) is 6.92 Å². The summed E-state index contributed by atoms with van der Waals surface area (Å²) in [6.45, 7) is 2.72. The molecule has 0 saturated carbocycles. The maximum atomic E-state index is 12.2. The summed E-state index contributed by atoms with van der Waals surface area (Å²) in [5.41, 5.74) is 0.798. The summed E-state index contributed by atoms with van der Waals surface area (Å²) in [4.78, 5) is 2.15. The monoisotopic (exact) mass is 300 g/mol. The quantitative estimate of drug-likeness (QED) is 0.742. The Labute approximate surface area is 116 Å². The second-order valence-corrected chi connectivity index (χ2v) is 7.17. The van der Waals surface area contributed by atoms with E-state index in [-0.39, 0.29) is 6.54 Å². The van der Waals surface area contributed by atoms with Crippen molar-refractivity contribution in [1.82, 2.24) is 20.2 Å². The second kappa shape index (κ2) is 5.83. The fourth-order valence-electron chi connectivity index (χ4n) is 1.68. The molecule has 19 heavy (non-hydrogen) atoms. The van der Waals surface area contributed by atoms with Crippen LogP contribution in [0.1, 0.15) is 15.3 Å². The zero-order valence-corrected chi connectivity index (χ0v) is 12.4. The summed E-state index contributed by atoms with van der Waals surface area (Å²) < 4.78 is 27.0. The topological polar surface area (TPSA) is 86.9 Å². The van der Waals surface area contributed by atoms with E-state index in [1.807, 2.05) is 14.0 Å². The number of hydrogen-bond acceptors (Lipinski definition) is 5. The molecule has 0 aliphatic carbocycles. The lowest BCUT2D eigenvalue weighted by Crippen LogP contribution is -2.23. The number of aromatic amines is 1. The highest BCUT2D eigenvalue weighted by molar-refractivity contribution is 7.89. The number of H-pyrrole nitrogens is 1. The maximum Gasteiger partial charge on any atom is 0.241 e. The van der Waals surface area contributed by atoms with Crippen molar-refractivity contribution < 1.29 is 8.42 Å². The Kier molecular flexibility index (Phi) is 4.35. The number of nitrogens with one attached hydrogen (secondary N) is 3. The third kappa shape index (κ3) is 3.41. The van der Waals surface area contributed by atoms with Crippen LogP contribution in [0.3, 0.4) is 0 Å². The first-order valence-electron chi connectivity index (χ1n) is 5.74. The summed E-state index contributed by atoms with van der Waals surface area (Å²) in [6, 6.07) is 1.72. The predicted octanol–water partition coefficient (Wildman–Crippen LogP) is 0.978. The molecular weight excluding hydrogens is 284 g/mol. The molecule has 0 saturated heterocycles. The van der Waals surface area contributed by atoms with E-state index in [1.54, 1.807) is 18.5 Å². The molecule has 2 aromatic rings. The van der Waals surface area contributed by atoms with Gasteiger partial charge in [-0.15, -0.1) is 11.3 Å². The molecule has 0 aliphatic rings. The molecule has 0 aromatic carbocycles. The lowest BCUT2D eigenvalue weighted by atomic mass is 10.4. The molecule has 0 aliphatic heterocycles. The Balaban J connectivity index is 2.14. The first-order valence-corrected chi connectivity index (χ1v) is 8.04. The van der Waals surface area contributed by atoms with Crippen LogP contribution < -0.4 is 10.0 Å². The van der Waals surface area contributed by atoms with Gasteiger partial charge in [-0.25, -0.2) is 13.1 Å². The highest BCUT2D eigenvalue weighted by Gasteiger charge is 2.19. The standard InChI is InChI=1S/C11H16N4O2S2/c1-8-11(3-10(18-8)7-12-2)19(16,17)15-6-9-4-13-14-5-9/h3-5,12,15H,6-7H2,1-2H3,(H,13,14). The molecule has 2 rings (SSSR count). The molecule has 8 heteroatoms. The third-order valence-corrected chi connectivity index (χ3v) is 5.29. The lowest BCUT2D eigenvalue weighted by Gasteiger charge is -2.04. The van der Waals surface area contributed by atoms with Crippen molar-refractivity contribution in [2.75, 3.05) is 7.05 Å². The Hall–Kier alpha value is -1.22. The van der Waals surface area contributed by atoms with Crippen molar-refractivity contribution >= 4 is 21.4 Å². The van der Waals surface area contributed by atoms with Gasteiger partial charge in [-0.2, -0.15) is 5.10 Å². The van der Waals surface area contributed by atoms with Crippen LogP contribution in [-0.2, 0) is 23.1 Å². The van der Waals surface area contributed by atoms with Crippen LogP contribution in [0.15, 0.2) is 23.4 Å². The van der Waals surface area contributed by atoms with E-state index in [4.69, 9.17) is 0 Å². The van der Waals surface area contributed by atoms with Gasteiger partial charge in [0.15, 0.2) is 0 Å². The maximum absolute atomic E-state index is 12.2. The zero-order valence-electron chi connectivity index (χ0n) is 10.7. The summed E-state index contributed by atoms with van der Waals surface area (Å²) in [7, 11) is -1.64. The Morgan fingerprint density at radius 1 is 1.42 bits per heavy atom. The molecule has 2 heterocycles. The fourth-order valence-corrected chi connectivity index (χ4v) is 4.35. The minimum Gasteiger partial charge on any atom is -0.315 e. The molecule has 0 fully saturated rings. The van der Waals surface area contributed by atoms with Gasteiger partial charge in [0, 0.05) is 34.6 Å².